The van der Waals surface area contributed by atoms with Crippen molar-refractivity contribution in [3.63, 3.8) is 0 Å². The van der Waals surface area contributed by atoms with Gasteiger partial charge in [0.1, 0.15) is 0 Å². The van der Waals surface area contributed by atoms with Gasteiger partial charge in [-0.2, -0.15) is 4.89 Å². The molecule has 0 spiro atoms. The maximum Gasteiger partial charge on any atom is 0.373 e. The summed E-state index contributed by atoms with van der Waals surface area (Å²) in [5.41, 5.74) is 1.75. The fourth-order valence-corrected chi connectivity index (χ4v) is 3.78. The second kappa shape index (κ2) is 19.3. The average Bonchev–Trinajstić information content (AvgIpc) is 2.78. The summed E-state index contributed by atoms with van der Waals surface area (Å²) in [5.74, 6) is 0.0407. The van der Waals surface area contributed by atoms with Crippen LogP contribution < -0.4 is 0 Å². The number of carbonyl (C=O) groups excluding carboxylic acids is 1. The SMILES string of the molecule is [CH2]CCCCCCCCCCCCCCCCCOOC(=O)c1ccc(C(C)C)cc1. The van der Waals surface area contributed by atoms with Gasteiger partial charge in [0, 0.05) is 0 Å². The maximum absolute atomic E-state index is 11.9. The van der Waals surface area contributed by atoms with E-state index in [9.17, 15) is 4.79 Å². The highest BCUT2D eigenvalue weighted by Crippen LogP contribution is 2.16. The van der Waals surface area contributed by atoms with E-state index in [4.69, 9.17) is 9.78 Å². The van der Waals surface area contributed by atoms with Gasteiger partial charge < -0.3 is 0 Å². The van der Waals surface area contributed by atoms with Crippen molar-refractivity contribution in [3.05, 3.63) is 42.3 Å². The third-order valence-electron chi connectivity index (χ3n) is 5.93. The molecule has 0 amide bonds. The standard InChI is InChI=1S/C28H47O3/c1-4-5-6-7-8-9-10-11-12-13-14-15-16-17-18-19-24-30-31-28(29)27-22-20-26(21-23-27)25(2)3/h20-23,25H,1,4-19,24H2,2-3H3. The van der Waals surface area contributed by atoms with E-state index in [-0.39, 0.29) is 0 Å². The number of rotatable bonds is 20. The van der Waals surface area contributed by atoms with E-state index in [0.717, 1.165) is 19.3 Å². The summed E-state index contributed by atoms with van der Waals surface area (Å²) in [7, 11) is 0. The minimum absolute atomic E-state index is 0.413. The summed E-state index contributed by atoms with van der Waals surface area (Å²) in [6.07, 6.45) is 20.9. The monoisotopic (exact) mass is 431 g/mol. The van der Waals surface area contributed by atoms with Crippen molar-refractivity contribution in [2.75, 3.05) is 6.61 Å². The first-order chi connectivity index (χ1) is 15.1. The molecule has 1 aromatic rings. The lowest BCUT2D eigenvalue weighted by atomic mass is 10.0. The minimum atomic E-state index is -0.413. The molecule has 0 saturated heterocycles. The lowest BCUT2D eigenvalue weighted by Crippen LogP contribution is -2.07. The molecule has 1 radical (unpaired) electrons. The molecule has 1 aromatic carbocycles. The molecular formula is C28H47O3. The highest BCUT2D eigenvalue weighted by molar-refractivity contribution is 5.88. The van der Waals surface area contributed by atoms with E-state index in [2.05, 4.69) is 20.8 Å². The Kier molecular flexibility index (Phi) is 17.3. The largest absolute Gasteiger partial charge is 0.373 e. The van der Waals surface area contributed by atoms with Crippen LogP contribution in [0.15, 0.2) is 24.3 Å². The van der Waals surface area contributed by atoms with Crippen molar-refractivity contribution in [2.24, 2.45) is 0 Å². The van der Waals surface area contributed by atoms with E-state index in [1.165, 1.54) is 89.0 Å². The molecule has 0 heterocycles. The van der Waals surface area contributed by atoms with Gasteiger partial charge in [0.05, 0.1) is 12.2 Å². The first-order valence-corrected chi connectivity index (χ1v) is 12.9. The average molecular weight is 432 g/mol. The summed E-state index contributed by atoms with van der Waals surface area (Å²) in [6, 6.07) is 7.53. The Morgan fingerprint density at radius 3 is 1.55 bits per heavy atom. The van der Waals surface area contributed by atoms with Crippen LogP contribution in [-0.4, -0.2) is 12.6 Å². The van der Waals surface area contributed by atoms with Crippen LogP contribution >= 0.6 is 0 Å². The summed E-state index contributed by atoms with van der Waals surface area (Å²) in [6.45, 7) is 8.64. The number of benzene rings is 1. The Bertz CT molecular complexity index is 536. The normalized spacial score (nSPS) is 11.2. The zero-order valence-corrected chi connectivity index (χ0v) is 20.3. The molecule has 1 rings (SSSR count). The van der Waals surface area contributed by atoms with Gasteiger partial charge in [-0.05, 0) is 30.0 Å². The molecule has 0 saturated carbocycles. The minimum Gasteiger partial charge on any atom is -0.293 e. The van der Waals surface area contributed by atoms with Crippen LogP contribution in [-0.2, 0) is 9.78 Å². The number of hydrogen-bond donors (Lipinski definition) is 0. The quantitative estimate of drug-likeness (QED) is 0.117. The topological polar surface area (TPSA) is 35.5 Å². The van der Waals surface area contributed by atoms with Crippen LogP contribution in [0.2, 0.25) is 0 Å². The van der Waals surface area contributed by atoms with Crippen LogP contribution in [0.3, 0.4) is 0 Å². The van der Waals surface area contributed by atoms with Gasteiger partial charge in [0.15, 0.2) is 0 Å². The molecule has 0 N–H and O–H groups in total. The molecule has 0 fully saturated rings. The van der Waals surface area contributed by atoms with Crippen molar-refractivity contribution in [1.82, 2.24) is 0 Å². The van der Waals surface area contributed by atoms with Crippen LogP contribution in [0.25, 0.3) is 0 Å². The highest BCUT2D eigenvalue weighted by atomic mass is 17.2. The van der Waals surface area contributed by atoms with Gasteiger partial charge in [-0.25, -0.2) is 4.79 Å². The van der Waals surface area contributed by atoms with E-state index >= 15 is 0 Å². The summed E-state index contributed by atoms with van der Waals surface area (Å²) in [4.78, 5) is 22.0. The first kappa shape index (κ1) is 27.7. The smallest absolute Gasteiger partial charge is 0.293 e. The van der Waals surface area contributed by atoms with Gasteiger partial charge in [-0.15, -0.1) is 0 Å². The highest BCUT2D eigenvalue weighted by Gasteiger charge is 2.09. The van der Waals surface area contributed by atoms with Crippen molar-refractivity contribution >= 4 is 5.97 Å². The molecule has 0 atom stereocenters. The van der Waals surface area contributed by atoms with Gasteiger partial charge >= 0.3 is 5.97 Å². The van der Waals surface area contributed by atoms with Crippen LogP contribution in [0.4, 0.5) is 0 Å². The number of carbonyl (C=O) groups is 1. The molecule has 0 bridgehead atoms. The zero-order valence-electron chi connectivity index (χ0n) is 20.3. The molecule has 3 nitrogen and oxygen atoms in total. The van der Waals surface area contributed by atoms with Gasteiger partial charge in [0.25, 0.3) is 0 Å². The molecule has 31 heavy (non-hydrogen) atoms. The van der Waals surface area contributed by atoms with Crippen molar-refractivity contribution in [1.29, 1.82) is 0 Å². The third kappa shape index (κ3) is 15.1. The summed E-state index contributed by atoms with van der Waals surface area (Å²) < 4.78 is 0. The van der Waals surface area contributed by atoms with Crippen molar-refractivity contribution < 1.29 is 14.6 Å². The summed E-state index contributed by atoms with van der Waals surface area (Å²) in [5, 5.41) is 0. The second-order valence-electron chi connectivity index (χ2n) is 9.13. The Labute approximate surface area is 192 Å². The van der Waals surface area contributed by atoms with E-state index in [1.54, 1.807) is 12.1 Å². The van der Waals surface area contributed by atoms with Crippen LogP contribution in [0.5, 0.6) is 0 Å². The fraction of sp³-hybridized carbons (Fsp3) is 0.714. The predicted octanol–water partition coefficient (Wildman–Crippen LogP) is 8.97. The molecule has 0 aliphatic rings. The molecular weight excluding hydrogens is 384 g/mol. The number of hydrogen-bond acceptors (Lipinski definition) is 3. The van der Waals surface area contributed by atoms with Crippen LogP contribution in [0, 0.1) is 6.92 Å². The molecule has 0 unspecified atom stereocenters. The van der Waals surface area contributed by atoms with E-state index in [0.29, 0.717) is 18.1 Å². The molecule has 177 valence electrons. The summed E-state index contributed by atoms with van der Waals surface area (Å²) >= 11 is 0. The molecule has 0 aliphatic heterocycles. The number of unbranched alkanes of at least 4 members (excludes halogenated alkanes) is 15. The maximum atomic E-state index is 11.9. The van der Waals surface area contributed by atoms with Crippen LogP contribution in [0.1, 0.15) is 138 Å². The van der Waals surface area contributed by atoms with E-state index < -0.39 is 5.97 Å². The molecule has 3 heteroatoms. The van der Waals surface area contributed by atoms with Gasteiger partial charge in [-0.1, -0.05) is 129 Å². The van der Waals surface area contributed by atoms with Gasteiger partial charge in [-0.3, -0.25) is 4.89 Å². The third-order valence-corrected chi connectivity index (χ3v) is 5.93. The predicted molar refractivity (Wildman–Crippen MR) is 131 cm³/mol. The lowest BCUT2D eigenvalue weighted by Gasteiger charge is -2.07. The Balaban J connectivity index is 1.83. The Hall–Kier alpha value is -1.35. The lowest BCUT2D eigenvalue weighted by molar-refractivity contribution is -0.241. The van der Waals surface area contributed by atoms with E-state index in [1.807, 2.05) is 12.1 Å². The second-order valence-corrected chi connectivity index (χ2v) is 9.13. The fourth-order valence-electron chi connectivity index (χ4n) is 3.78. The van der Waals surface area contributed by atoms with Crippen molar-refractivity contribution in [3.8, 4) is 0 Å². The molecule has 0 aliphatic carbocycles. The zero-order chi connectivity index (χ0) is 22.6. The van der Waals surface area contributed by atoms with Crippen molar-refractivity contribution in [2.45, 2.75) is 122 Å². The first-order valence-electron chi connectivity index (χ1n) is 12.9. The Morgan fingerprint density at radius 1 is 0.710 bits per heavy atom. The molecule has 0 aromatic heterocycles. The Morgan fingerprint density at radius 2 is 1.13 bits per heavy atom. The van der Waals surface area contributed by atoms with Gasteiger partial charge in [0.2, 0.25) is 0 Å².